The van der Waals surface area contributed by atoms with Crippen LogP contribution in [-0.2, 0) is 6.54 Å². The Morgan fingerprint density at radius 2 is 1.07 bits per heavy atom. The molecule has 5 aromatic carbocycles. The summed E-state index contributed by atoms with van der Waals surface area (Å²) >= 11 is 0. The van der Waals surface area contributed by atoms with Crippen LogP contribution in [-0.4, -0.2) is 79.7 Å². The molecule has 5 aromatic rings. The molecule has 0 atom stereocenters. The maximum atomic E-state index is 14.6. The van der Waals surface area contributed by atoms with Crippen molar-refractivity contribution < 1.29 is 38.0 Å². The topological polar surface area (TPSA) is 88.2 Å². The molecule has 1 amide bonds. The zero-order valence-corrected chi connectivity index (χ0v) is 32.0. The van der Waals surface area contributed by atoms with Crippen LogP contribution in [0.1, 0.15) is 28.8 Å². The highest BCUT2D eigenvalue weighted by molar-refractivity contribution is 6.07. The van der Waals surface area contributed by atoms with E-state index in [2.05, 4.69) is 29.2 Å². The van der Waals surface area contributed by atoms with Crippen molar-refractivity contribution in [2.45, 2.75) is 25.4 Å². The van der Waals surface area contributed by atoms with Crippen LogP contribution in [0.15, 0.2) is 97.1 Å². The number of likely N-dealkylation sites (tertiary alicyclic amines) is 1. The molecule has 1 fully saturated rings. The third-order valence-electron chi connectivity index (χ3n) is 9.93. The Bertz CT molecular complexity index is 2010. The minimum absolute atomic E-state index is 0.00228. The van der Waals surface area contributed by atoms with Gasteiger partial charge in [-0.05, 0) is 107 Å². The fourth-order valence-corrected chi connectivity index (χ4v) is 7.15. The summed E-state index contributed by atoms with van der Waals surface area (Å²) in [5.74, 6) is 4.07. The van der Waals surface area contributed by atoms with E-state index in [0.29, 0.717) is 40.1 Å². The van der Waals surface area contributed by atoms with Crippen LogP contribution in [0.2, 0.25) is 0 Å². The molecule has 6 rings (SSSR count). The number of anilines is 1. The number of carbonyl (C=O) groups is 1. The van der Waals surface area contributed by atoms with Gasteiger partial charge in [0, 0.05) is 36.9 Å². The monoisotopic (exact) mass is 732 g/mol. The number of rotatable bonds is 14. The molecule has 0 spiro atoms. The fraction of sp³-hybridized carbons (Fsp3) is 0.295. The Hall–Kier alpha value is -5.87. The summed E-state index contributed by atoms with van der Waals surface area (Å²) in [6, 6.07) is 31.7. The Morgan fingerprint density at radius 3 is 1.56 bits per heavy atom. The molecule has 282 valence electrons. The van der Waals surface area contributed by atoms with Crippen molar-refractivity contribution in [2.24, 2.45) is 0 Å². The van der Waals surface area contributed by atoms with Crippen LogP contribution in [0.4, 0.5) is 5.69 Å². The number of amides is 1. The molecule has 1 saturated heterocycles. The first kappa shape index (κ1) is 37.9. The second kappa shape index (κ2) is 17.3. The number of methoxy groups -OCH3 is 7. The van der Waals surface area contributed by atoms with Crippen LogP contribution >= 0.6 is 0 Å². The third kappa shape index (κ3) is 8.04. The normalized spacial score (nSPS) is 13.2. The lowest BCUT2D eigenvalue weighted by Gasteiger charge is -2.39. The third-order valence-corrected chi connectivity index (χ3v) is 9.93. The lowest BCUT2D eigenvalue weighted by atomic mass is 9.98. The van der Waals surface area contributed by atoms with E-state index in [1.54, 1.807) is 49.8 Å². The van der Waals surface area contributed by atoms with Crippen molar-refractivity contribution in [3.05, 3.63) is 108 Å². The Morgan fingerprint density at radius 1 is 0.574 bits per heavy atom. The number of nitrogens with zero attached hydrogens (tertiary/aromatic N) is 2. The van der Waals surface area contributed by atoms with Gasteiger partial charge in [0.05, 0.1) is 49.8 Å². The first-order valence-electron chi connectivity index (χ1n) is 17.8. The number of carbonyl (C=O) groups excluding carboxylic acids is 1. The highest BCUT2D eigenvalue weighted by atomic mass is 16.5. The van der Waals surface area contributed by atoms with E-state index < -0.39 is 0 Å². The molecule has 1 aliphatic heterocycles. The molecule has 0 radical (unpaired) electrons. The number of piperidine rings is 1. The van der Waals surface area contributed by atoms with Crippen molar-refractivity contribution in [1.29, 1.82) is 0 Å². The van der Waals surface area contributed by atoms with E-state index in [-0.39, 0.29) is 11.9 Å². The molecular weight excluding hydrogens is 684 g/mol. The second-order valence-electron chi connectivity index (χ2n) is 13.0. The van der Waals surface area contributed by atoms with Gasteiger partial charge in [0.25, 0.3) is 5.91 Å². The summed E-state index contributed by atoms with van der Waals surface area (Å²) in [4.78, 5) is 19.0. The minimum Gasteiger partial charge on any atom is -0.497 e. The average molecular weight is 733 g/mol. The standard InChI is InChI=1S/C44H48N2O8/c1-48-37-16-14-35(15-17-37)46(44(47)32-13-9-12-31(23-32)34-26-40(51-4)43(54-7)41(27-34)52-5)36-18-20-45(21-19-36)28-29-10-8-11-30(22-29)33-24-38(49-2)42(53-6)39(25-33)50-3/h8-17,22-27,36H,18-21,28H2,1-7H3. The van der Waals surface area contributed by atoms with Crippen molar-refractivity contribution in [1.82, 2.24) is 4.90 Å². The highest BCUT2D eigenvalue weighted by Crippen LogP contribution is 2.43. The molecule has 0 N–H and O–H groups in total. The first-order valence-corrected chi connectivity index (χ1v) is 17.8. The molecule has 1 aliphatic rings. The number of benzene rings is 5. The van der Waals surface area contributed by atoms with Gasteiger partial charge in [-0.3, -0.25) is 9.69 Å². The Labute approximate surface area is 317 Å². The molecule has 0 saturated carbocycles. The number of hydrogen-bond acceptors (Lipinski definition) is 9. The lowest BCUT2D eigenvalue weighted by Crippen LogP contribution is -2.47. The zero-order valence-electron chi connectivity index (χ0n) is 32.0. The van der Waals surface area contributed by atoms with Crippen molar-refractivity contribution in [2.75, 3.05) is 67.8 Å². The predicted molar refractivity (Wildman–Crippen MR) is 211 cm³/mol. The van der Waals surface area contributed by atoms with Gasteiger partial charge >= 0.3 is 0 Å². The first-order chi connectivity index (χ1) is 26.3. The van der Waals surface area contributed by atoms with Crippen LogP contribution < -0.4 is 38.1 Å². The fourth-order valence-electron chi connectivity index (χ4n) is 7.15. The van der Waals surface area contributed by atoms with E-state index in [9.17, 15) is 4.79 Å². The van der Waals surface area contributed by atoms with Crippen LogP contribution in [0.5, 0.6) is 40.2 Å². The van der Waals surface area contributed by atoms with Crippen LogP contribution in [0.25, 0.3) is 22.3 Å². The smallest absolute Gasteiger partial charge is 0.258 e. The quantitative estimate of drug-likeness (QED) is 0.112. The second-order valence-corrected chi connectivity index (χ2v) is 13.0. The zero-order chi connectivity index (χ0) is 38.2. The van der Waals surface area contributed by atoms with Gasteiger partial charge in [-0.15, -0.1) is 0 Å². The molecule has 0 aliphatic carbocycles. The van der Waals surface area contributed by atoms with Crippen LogP contribution in [0, 0.1) is 0 Å². The summed E-state index contributed by atoms with van der Waals surface area (Å²) < 4.78 is 38.9. The summed E-state index contributed by atoms with van der Waals surface area (Å²) in [7, 11) is 11.3. The molecule has 0 bridgehead atoms. The average Bonchev–Trinajstić information content (AvgIpc) is 3.23. The summed E-state index contributed by atoms with van der Waals surface area (Å²) in [6.45, 7) is 2.47. The van der Waals surface area contributed by atoms with Gasteiger partial charge in [-0.1, -0.05) is 30.3 Å². The maximum absolute atomic E-state index is 14.6. The largest absolute Gasteiger partial charge is 0.497 e. The van der Waals surface area contributed by atoms with Crippen molar-refractivity contribution >= 4 is 11.6 Å². The maximum Gasteiger partial charge on any atom is 0.258 e. The van der Waals surface area contributed by atoms with Gasteiger partial charge < -0.3 is 38.1 Å². The van der Waals surface area contributed by atoms with E-state index >= 15 is 0 Å². The number of ether oxygens (including phenoxy) is 7. The molecule has 10 nitrogen and oxygen atoms in total. The van der Waals surface area contributed by atoms with E-state index in [4.69, 9.17) is 33.2 Å². The van der Waals surface area contributed by atoms with Gasteiger partial charge in [0.15, 0.2) is 23.0 Å². The minimum atomic E-state index is -0.0639. The SMILES string of the molecule is COc1ccc(N(C(=O)c2cccc(-c3cc(OC)c(OC)c(OC)c3)c2)C2CCN(Cc3cccc(-c4cc(OC)c(OC)c(OC)c4)c3)CC2)cc1. The summed E-state index contributed by atoms with van der Waals surface area (Å²) in [5, 5.41) is 0. The summed E-state index contributed by atoms with van der Waals surface area (Å²) in [6.07, 6.45) is 1.63. The van der Waals surface area contributed by atoms with Gasteiger partial charge in [0.1, 0.15) is 5.75 Å². The van der Waals surface area contributed by atoms with Gasteiger partial charge in [0.2, 0.25) is 11.5 Å². The molecular formula is C44H48N2O8. The van der Waals surface area contributed by atoms with E-state index in [0.717, 1.165) is 66.2 Å². The van der Waals surface area contributed by atoms with Crippen molar-refractivity contribution in [3.8, 4) is 62.5 Å². The van der Waals surface area contributed by atoms with E-state index in [1.807, 2.05) is 77.7 Å². The Kier molecular flexibility index (Phi) is 12.1. The predicted octanol–water partition coefficient (Wildman–Crippen LogP) is 8.39. The molecule has 54 heavy (non-hydrogen) atoms. The summed E-state index contributed by atoms with van der Waals surface area (Å²) in [5.41, 5.74) is 6.36. The van der Waals surface area contributed by atoms with Crippen molar-refractivity contribution in [3.63, 3.8) is 0 Å². The number of hydrogen-bond donors (Lipinski definition) is 0. The van der Waals surface area contributed by atoms with Gasteiger partial charge in [-0.25, -0.2) is 0 Å². The molecule has 1 heterocycles. The molecule has 10 heteroatoms. The highest BCUT2D eigenvalue weighted by Gasteiger charge is 2.30. The van der Waals surface area contributed by atoms with E-state index in [1.165, 1.54) is 5.56 Å². The van der Waals surface area contributed by atoms with Crippen LogP contribution in [0.3, 0.4) is 0 Å². The Balaban J connectivity index is 1.22. The van der Waals surface area contributed by atoms with Gasteiger partial charge in [-0.2, -0.15) is 0 Å². The molecule has 0 unspecified atom stereocenters. The lowest BCUT2D eigenvalue weighted by molar-refractivity contribution is 0.0958. The molecule has 0 aromatic heterocycles.